The maximum absolute atomic E-state index is 3.55. The fourth-order valence-electron chi connectivity index (χ4n) is 1.58. The van der Waals surface area contributed by atoms with E-state index < -0.39 is 0 Å². The Bertz CT molecular complexity index is 403. The molecule has 0 saturated carbocycles. The van der Waals surface area contributed by atoms with Crippen molar-refractivity contribution < 1.29 is 0 Å². The Balaban J connectivity index is 1.93. The fraction of sp³-hybridized carbons (Fsp3) is 0.333. The second-order valence-electron chi connectivity index (χ2n) is 3.70. The lowest BCUT2D eigenvalue weighted by atomic mass is 10.2. The van der Waals surface area contributed by atoms with Crippen LogP contribution in [0.25, 0.3) is 0 Å². The summed E-state index contributed by atoms with van der Waals surface area (Å²) in [6.07, 6.45) is 0. The molecule has 2 aromatic heterocycles. The van der Waals surface area contributed by atoms with E-state index in [2.05, 4.69) is 47.4 Å². The standard InChI is InChI=1S/C12H15NS2/c1-9-3-6-15-12(9)10(2)13-7-11-4-5-14-8-11/h3-6,8,10,13H,7H2,1-2H3. The lowest BCUT2D eigenvalue weighted by molar-refractivity contribution is 0.581. The molecule has 0 amide bonds. The van der Waals surface area contributed by atoms with Crippen LogP contribution in [0.5, 0.6) is 0 Å². The Labute approximate surface area is 98.8 Å². The maximum Gasteiger partial charge on any atom is 0.0391 e. The minimum atomic E-state index is 0.449. The van der Waals surface area contributed by atoms with Gasteiger partial charge >= 0.3 is 0 Å². The Hall–Kier alpha value is -0.640. The van der Waals surface area contributed by atoms with Crippen molar-refractivity contribution in [2.75, 3.05) is 0 Å². The van der Waals surface area contributed by atoms with E-state index in [0.29, 0.717) is 6.04 Å². The molecule has 2 aromatic rings. The summed E-state index contributed by atoms with van der Waals surface area (Å²) in [6.45, 7) is 5.36. The Morgan fingerprint density at radius 1 is 1.33 bits per heavy atom. The number of nitrogens with one attached hydrogen (secondary N) is 1. The molecule has 0 aliphatic carbocycles. The summed E-state index contributed by atoms with van der Waals surface area (Å²) >= 11 is 3.59. The third-order valence-electron chi connectivity index (χ3n) is 2.49. The zero-order valence-electron chi connectivity index (χ0n) is 8.99. The zero-order valence-corrected chi connectivity index (χ0v) is 10.6. The molecule has 2 heterocycles. The van der Waals surface area contributed by atoms with E-state index in [1.165, 1.54) is 16.0 Å². The molecular formula is C12H15NS2. The van der Waals surface area contributed by atoms with Gasteiger partial charge in [0.15, 0.2) is 0 Å². The predicted molar refractivity (Wildman–Crippen MR) is 68.6 cm³/mol. The van der Waals surface area contributed by atoms with E-state index in [0.717, 1.165) is 6.54 Å². The molecule has 1 unspecified atom stereocenters. The lowest BCUT2D eigenvalue weighted by Crippen LogP contribution is -2.17. The minimum absolute atomic E-state index is 0.449. The van der Waals surface area contributed by atoms with Crippen molar-refractivity contribution in [2.45, 2.75) is 26.4 Å². The fourth-order valence-corrected chi connectivity index (χ4v) is 3.21. The van der Waals surface area contributed by atoms with Gasteiger partial charge in [-0.25, -0.2) is 0 Å². The zero-order chi connectivity index (χ0) is 10.7. The highest BCUT2D eigenvalue weighted by molar-refractivity contribution is 7.10. The van der Waals surface area contributed by atoms with E-state index in [1.54, 1.807) is 11.3 Å². The van der Waals surface area contributed by atoms with Gasteiger partial charge in [-0.15, -0.1) is 11.3 Å². The average molecular weight is 237 g/mol. The van der Waals surface area contributed by atoms with Crippen molar-refractivity contribution in [3.8, 4) is 0 Å². The Morgan fingerprint density at radius 3 is 2.80 bits per heavy atom. The number of hydrogen-bond acceptors (Lipinski definition) is 3. The second-order valence-corrected chi connectivity index (χ2v) is 5.43. The molecule has 0 aliphatic rings. The summed E-state index contributed by atoms with van der Waals surface area (Å²) in [5.74, 6) is 0. The molecule has 0 aliphatic heterocycles. The van der Waals surface area contributed by atoms with Crippen LogP contribution in [-0.2, 0) is 6.54 Å². The van der Waals surface area contributed by atoms with Crippen LogP contribution < -0.4 is 5.32 Å². The van der Waals surface area contributed by atoms with Crippen LogP contribution in [0.1, 0.15) is 29.0 Å². The Kier molecular flexibility index (Phi) is 3.57. The summed E-state index contributed by atoms with van der Waals surface area (Å²) in [5.41, 5.74) is 2.77. The van der Waals surface area contributed by atoms with E-state index in [-0.39, 0.29) is 0 Å². The first-order valence-corrected chi connectivity index (χ1v) is 6.88. The van der Waals surface area contributed by atoms with Gasteiger partial charge in [-0.05, 0) is 53.2 Å². The van der Waals surface area contributed by atoms with Gasteiger partial charge in [-0.2, -0.15) is 11.3 Å². The first-order chi connectivity index (χ1) is 7.27. The van der Waals surface area contributed by atoms with Crippen molar-refractivity contribution >= 4 is 22.7 Å². The molecule has 0 fully saturated rings. The van der Waals surface area contributed by atoms with E-state index >= 15 is 0 Å². The number of rotatable bonds is 4. The van der Waals surface area contributed by atoms with Gasteiger partial charge in [0.2, 0.25) is 0 Å². The molecule has 2 rings (SSSR count). The molecule has 15 heavy (non-hydrogen) atoms. The molecule has 80 valence electrons. The van der Waals surface area contributed by atoms with Crippen LogP contribution >= 0.6 is 22.7 Å². The average Bonchev–Trinajstić information content (AvgIpc) is 2.84. The summed E-state index contributed by atoms with van der Waals surface area (Å²) in [6, 6.07) is 4.80. The summed E-state index contributed by atoms with van der Waals surface area (Å²) in [7, 11) is 0. The highest BCUT2D eigenvalue weighted by Crippen LogP contribution is 2.23. The van der Waals surface area contributed by atoms with E-state index in [4.69, 9.17) is 0 Å². The summed E-state index contributed by atoms with van der Waals surface area (Å²) in [5, 5.41) is 10.0. The van der Waals surface area contributed by atoms with Gasteiger partial charge in [0.1, 0.15) is 0 Å². The largest absolute Gasteiger partial charge is 0.305 e. The van der Waals surface area contributed by atoms with Crippen molar-refractivity contribution in [1.82, 2.24) is 5.32 Å². The van der Waals surface area contributed by atoms with Gasteiger partial charge in [0, 0.05) is 17.5 Å². The molecule has 0 saturated heterocycles. The van der Waals surface area contributed by atoms with Gasteiger partial charge in [-0.3, -0.25) is 0 Å². The Morgan fingerprint density at radius 2 is 2.20 bits per heavy atom. The van der Waals surface area contributed by atoms with Crippen molar-refractivity contribution in [3.63, 3.8) is 0 Å². The molecule has 1 N–H and O–H groups in total. The SMILES string of the molecule is Cc1ccsc1C(C)NCc1ccsc1. The third-order valence-corrected chi connectivity index (χ3v) is 4.42. The summed E-state index contributed by atoms with van der Waals surface area (Å²) < 4.78 is 0. The number of thiophene rings is 2. The van der Waals surface area contributed by atoms with Crippen molar-refractivity contribution in [3.05, 3.63) is 44.3 Å². The third kappa shape index (κ3) is 2.68. The van der Waals surface area contributed by atoms with E-state index in [1.807, 2.05) is 11.3 Å². The molecule has 0 radical (unpaired) electrons. The molecule has 0 bridgehead atoms. The van der Waals surface area contributed by atoms with Crippen LogP contribution in [-0.4, -0.2) is 0 Å². The van der Waals surface area contributed by atoms with Gasteiger partial charge in [0.05, 0.1) is 0 Å². The van der Waals surface area contributed by atoms with Gasteiger partial charge < -0.3 is 5.32 Å². The number of hydrogen-bond donors (Lipinski definition) is 1. The van der Waals surface area contributed by atoms with Gasteiger partial charge in [-0.1, -0.05) is 0 Å². The number of aryl methyl sites for hydroxylation is 1. The van der Waals surface area contributed by atoms with Crippen molar-refractivity contribution in [1.29, 1.82) is 0 Å². The molecule has 0 aromatic carbocycles. The first kappa shape index (κ1) is 10.9. The smallest absolute Gasteiger partial charge is 0.0391 e. The lowest BCUT2D eigenvalue weighted by Gasteiger charge is -2.12. The topological polar surface area (TPSA) is 12.0 Å². The van der Waals surface area contributed by atoms with Crippen LogP contribution in [0, 0.1) is 6.92 Å². The normalized spacial score (nSPS) is 12.9. The summed E-state index contributed by atoms with van der Waals surface area (Å²) in [4.78, 5) is 1.45. The monoisotopic (exact) mass is 237 g/mol. The van der Waals surface area contributed by atoms with Crippen LogP contribution in [0.3, 0.4) is 0 Å². The second kappa shape index (κ2) is 4.92. The minimum Gasteiger partial charge on any atom is -0.305 e. The quantitative estimate of drug-likeness (QED) is 0.848. The van der Waals surface area contributed by atoms with Crippen LogP contribution in [0.15, 0.2) is 28.3 Å². The van der Waals surface area contributed by atoms with Crippen LogP contribution in [0.4, 0.5) is 0 Å². The first-order valence-electron chi connectivity index (χ1n) is 5.06. The van der Waals surface area contributed by atoms with E-state index in [9.17, 15) is 0 Å². The predicted octanol–water partition coefficient (Wildman–Crippen LogP) is 3.97. The molecule has 0 spiro atoms. The molecule has 1 atom stereocenters. The molecule has 1 nitrogen and oxygen atoms in total. The molecular weight excluding hydrogens is 222 g/mol. The highest BCUT2D eigenvalue weighted by atomic mass is 32.1. The molecule has 3 heteroatoms. The highest BCUT2D eigenvalue weighted by Gasteiger charge is 2.08. The maximum atomic E-state index is 3.55. The van der Waals surface area contributed by atoms with Crippen LogP contribution in [0.2, 0.25) is 0 Å². The van der Waals surface area contributed by atoms with Gasteiger partial charge in [0.25, 0.3) is 0 Å². The van der Waals surface area contributed by atoms with Crippen molar-refractivity contribution in [2.24, 2.45) is 0 Å².